The van der Waals surface area contributed by atoms with E-state index in [0.717, 1.165) is 38.1 Å². The van der Waals surface area contributed by atoms with Gasteiger partial charge in [0.15, 0.2) is 11.6 Å². The van der Waals surface area contributed by atoms with Crippen molar-refractivity contribution in [1.29, 1.82) is 0 Å². The van der Waals surface area contributed by atoms with Crippen LogP contribution in [0.5, 0.6) is 0 Å². The van der Waals surface area contributed by atoms with Gasteiger partial charge in [0.25, 0.3) is 5.91 Å². The van der Waals surface area contributed by atoms with Crippen LogP contribution in [0.1, 0.15) is 23.2 Å². The normalized spacial score (nSPS) is 14.9. The van der Waals surface area contributed by atoms with E-state index in [2.05, 4.69) is 16.7 Å². The second-order valence-corrected chi connectivity index (χ2v) is 4.45. The summed E-state index contributed by atoms with van der Waals surface area (Å²) in [4.78, 5) is 11.7. The van der Waals surface area contributed by atoms with E-state index < -0.39 is 11.6 Å². The molecule has 0 saturated carbocycles. The third-order valence-electron chi connectivity index (χ3n) is 3.07. The Morgan fingerprint density at radius 2 is 2.16 bits per heavy atom. The molecule has 0 aliphatic carbocycles. The van der Waals surface area contributed by atoms with Crippen LogP contribution in [0.4, 0.5) is 8.78 Å². The maximum atomic E-state index is 13.0. The third kappa shape index (κ3) is 3.86. The Bertz CT molecular complexity index is 500. The van der Waals surface area contributed by atoms with Crippen molar-refractivity contribution >= 4 is 5.91 Å². The molecular weight excluding hydrogens is 250 g/mol. The second-order valence-electron chi connectivity index (χ2n) is 4.45. The topological polar surface area (TPSA) is 41.1 Å². The summed E-state index contributed by atoms with van der Waals surface area (Å²) in [5.74, 6) is -2.33. The van der Waals surface area contributed by atoms with Gasteiger partial charge in [-0.1, -0.05) is 11.6 Å². The molecule has 2 N–H and O–H groups in total. The third-order valence-corrected chi connectivity index (χ3v) is 3.07. The molecule has 102 valence electrons. The molecule has 0 unspecified atom stereocenters. The van der Waals surface area contributed by atoms with Crippen molar-refractivity contribution in [2.45, 2.75) is 12.8 Å². The molecule has 1 aliphatic rings. The molecule has 2 rings (SSSR count). The Morgan fingerprint density at radius 3 is 2.84 bits per heavy atom. The lowest BCUT2D eigenvalue weighted by atomic mass is 10.1. The smallest absolute Gasteiger partial charge is 0.251 e. The fraction of sp³-hybridized carbons (Fsp3) is 0.357. The van der Waals surface area contributed by atoms with Gasteiger partial charge >= 0.3 is 0 Å². The summed E-state index contributed by atoms with van der Waals surface area (Å²) >= 11 is 0. The zero-order chi connectivity index (χ0) is 13.7. The van der Waals surface area contributed by atoms with E-state index in [-0.39, 0.29) is 11.5 Å². The summed E-state index contributed by atoms with van der Waals surface area (Å²) in [6.07, 6.45) is 3.89. The Balaban J connectivity index is 1.83. The van der Waals surface area contributed by atoms with Gasteiger partial charge in [-0.15, -0.1) is 0 Å². The van der Waals surface area contributed by atoms with Crippen LogP contribution in [-0.2, 0) is 0 Å². The number of benzene rings is 1. The van der Waals surface area contributed by atoms with Crippen LogP contribution in [-0.4, -0.2) is 25.5 Å². The van der Waals surface area contributed by atoms with Crippen LogP contribution in [0.25, 0.3) is 0 Å². The lowest BCUT2D eigenvalue weighted by Crippen LogP contribution is -2.26. The Labute approximate surface area is 110 Å². The van der Waals surface area contributed by atoms with Crippen LogP contribution < -0.4 is 10.6 Å². The number of carbonyl (C=O) groups excluding carboxylic acids is 1. The Kier molecular flexibility index (Phi) is 4.63. The van der Waals surface area contributed by atoms with Gasteiger partial charge in [-0.25, -0.2) is 8.78 Å². The molecule has 1 aromatic rings. The average molecular weight is 266 g/mol. The summed E-state index contributed by atoms with van der Waals surface area (Å²) < 4.78 is 25.7. The highest BCUT2D eigenvalue weighted by molar-refractivity contribution is 5.94. The summed E-state index contributed by atoms with van der Waals surface area (Å²) in [6.45, 7) is 2.33. The molecule has 0 radical (unpaired) electrons. The maximum absolute atomic E-state index is 13.0. The molecule has 19 heavy (non-hydrogen) atoms. The van der Waals surface area contributed by atoms with Gasteiger partial charge in [0.2, 0.25) is 0 Å². The molecule has 0 atom stereocenters. The van der Waals surface area contributed by atoms with Crippen molar-refractivity contribution in [1.82, 2.24) is 10.6 Å². The number of hydrogen-bond acceptors (Lipinski definition) is 2. The summed E-state index contributed by atoms with van der Waals surface area (Å²) in [7, 11) is 0. The van der Waals surface area contributed by atoms with Gasteiger partial charge < -0.3 is 10.6 Å². The first-order valence-corrected chi connectivity index (χ1v) is 6.28. The largest absolute Gasteiger partial charge is 0.352 e. The van der Waals surface area contributed by atoms with Crippen molar-refractivity contribution in [2.75, 3.05) is 19.6 Å². The van der Waals surface area contributed by atoms with Crippen molar-refractivity contribution in [3.8, 4) is 0 Å². The molecule has 0 aromatic heterocycles. The standard InChI is InChI=1S/C14H16F2N2O/c15-12-2-1-11(9-13(12)16)14(19)18-8-5-10-3-6-17-7-4-10/h1-3,9,17H,4-8H2,(H,18,19). The van der Waals surface area contributed by atoms with E-state index in [1.807, 2.05) is 0 Å². The molecule has 0 spiro atoms. The van der Waals surface area contributed by atoms with Crippen LogP contribution in [0, 0.1) is 11.6 Å². The van der Waals surface area contributed by atoms with Gasteiger partial charge in [-0.05, 0) is 37.6 Å². The van der Waals surface area contributed by atoms with Gasteiger partial charge in [0, 0.05) is 18.7 Å². The fourth-order valence-electron chi connectivity index (χ4n) is 1.97. The Morgan fingerprint density at radius 1 is 1.32 bits per heavy atom. The lowest BCUT2D eigenvalue weighted by molar-refractivity contribution is 0.0953. The van der Waals surface area contributed by atoms with Crippen LogP contribution >= 0.6 is 0 Å². The van der Waals surface area contributed by atoms with E-state index >= 15 is 0 Å². The fourth-order valence-corrected chi connectivity index (χ4v) is 1.97. The molecule has 1 aromatic carbocycles. The zero-order valence-corrected chi connectivity index (χ0v) is 10.5. The molecule has 1 aliphatic heterocycles. The SMILES string of the molecule is O=C(NCCC1=CCNCC1)c1ccc(F)c(F)c1. The number of carbonyl (C=O) groups is 1. The molecule has 1 amide bonds. The molecule has 0 bridgehead atoms. The average Bonchev–Trinajstić information content (AvgIpc) is 2.43. The molecule has 1 heterocycles. The summed E-state index contributed by atoms with van der Waals surface area (Å²) in [5, 5.41) is 5.91. The van der Waals surface area contributed by atoms with Gasteiger partial charge in [0.05, 0.1) is 0 Å². The van der Waals surface area contributed by atoms with Crippen LogP contribution in [0.15, 0.2) is 29.8 Å². The minimum absolute atomic E-state index is 0.137. The predicted octanol–water partition coefficient (Wildman–Crippen LogP) is 2.00. The van der Waals surface area contributed by atoms with Gasteiger partial charge in [0.1, 0.15) is 0 Å². The first-order valence-electron chi connectivity index (χ1n) is 6.28. The predicted molar refractivity (Wildman–Crippen MR) is 68.9 cm³/mol. The van der Waals surface area contributed by atoms with Crippen molar-refractivity contribution in [3.63, 3.8) is 0 Å². The van der Waals surface area contributed by atoms with E-state index in [1.165, 1.54) is 11.6 Å². The molecule has 0 fully saturated rings. The van der Waals surface area contributed by atoms with E-state index in [1.54, 1.807) is 0 Å². The quantitative estimate of drug-likeness (QED) is 0.818. The summed E-state index contributed by atoms with van der Waals surface area (Å²) in [6, 6.07) is 3.14. The van der Waals surface area contributed by atoms with Crippen molar-refractivity contribution < 1.29 is 13.6 Å². The summed E-state index contributed by atoms with van der Waals surface area (Å²) in [5.41, 5.74) is 1.45. The first-order chi connectivity index (χ1) is 9.16. The molecule has 3 nitrogen and oxygen atoms in total. The molecule has 0 saturated heterocycles. The highest BCUT2D eigenvalue weighted by Crippen LogP contribution is 2.10. The van der Waals surface area contributed by atoms with Gasteiger partial charge in [-0.2, -0.15) is 0 Å². The van der Waals surface area contributed by atoms with Crippen LogP contribution in [0.2, 0.25) is 0 Å². The molecule has 5 heteroatoms. The van der Waals surface area contributed by atoms with Gasteiger partial charge in [-0.3, -0.25) is 4.79 Å². The van der Waals surface area contributed by atoms with Crippen molar-refractivity contribution in [3.05, 3.63) is 47.0 Å². The zero-order valence-electron chi connectivity index (χ0n) is 10.5. The second kappa shape index (κ2) is 6.43. The Hall–Kier alpha value is -1.75. The number of amides is 1. The monoisotopic (exact) mass is 266 g/mol. The minimum Gasteiger partial charge on any atom is -0.352 e. The van der Waals surface area contributed by atoms with E-state index in [0.29, 0.717) is 6.54 Å². The molecular formula is C14H16F2N2O. The highest BCUT2D eigenvalue weighted by Gasteiger charge is 2.09. The lowest BCUT2D eigenvalue weighted by Gasteiger charge is -2.14. The number of rotatable bonds is 4. The van der Waals surface area contributed by atoms with Crippen LogP contribution in [0.3, 0.4) is 0 Å². The number of nitrogens with one attached hydrogen (secondary N) is 2. The highest BCUT2D eigenvalue weighted by atomic mass is 19.2. The van der Waals surface area contributed by atoms with E-state index in [4.69, 9.17) is 0 Å². The number of halogens is 2. The minimum atomic E-state index is -1.01. The van der Waals surface area contributed by atoms with Crippen molar-refractivity contribution in [2.24, 2.45) is 0 Å². The van der Waals surface area contributed by atoms with E-state index in [9.17, 15) is 13.6 Å². The number of hydrogen-bond donors (Lipinski definition) is 2. The maximum Gasteiger partial charge on any atom is 0.251 e. The first kappa shape index (κ1) is 13.7.